The minimum Gasteiger partial charge on any atom is -0.473 e. The molecule has 2 bridgehead atoms. The largest absolute Gasteiger partial charge is 0.473 e. The van der Waals surface area contributed by atoms with Crippen LogP contribution in [0.3, 0.4) is 0 Å². The third-order valence-electron chi connectivity index (χ3n) is 6.10. The molecule has 0 radical (unpaired) electrons. The van der Waals surface area contributed by atoms with Crippen LogP contribution >= 0.6 is 0 Å². The highest BCUT2D eigenvalue weighted by Crippen LogP contribution is 2.34. The van der Waals surface area contributed by atoms with Crippen LogP contribution < -0.4 is 20.1 Å². The van der Waals surface area contributed by atoms with Gasteiger partial charge in [-0.15, -0.1) is 0 Å². The Morgan fingerprint density at radius 1 is 1.03 bits per heavy atom. The summed E-state index contributed by atoms with van der Waals surface area (Å²) in [6.07, 6.45) is -2.43. The number of nitrogens with zero attached hydrogens (tertiary/aromatic N) is 3. The van der Waals surface area contributed by atoms with E-state index in [0.717, 1.165) is 62.3 Å². The van der Waals surface area contributed by atoms with Gasteiger partial charge in [-0.2, -0.15) is 18.2 Å². The quantitative estimate of drug-likeness (QED) is 0.461. The molecule has 3 aromatic rings. The van der Waals surface area contributed by atoms with Crippen LogP contribution in [-0.4, -0.2) is 22.6 Å². The van der Waals surface area contributed by atoms with Gasteiger partial charge in [-0.25, -0.2) is 13.6 Å². The van der Waals surface area contributed by atoms with Crippen molar-refractivity contribution >= 4 is 5.82 Å². The number of aromatic nitrogens is 2. The van der Waals surface area contributed by atoms with E-state index in [4.69, 9.17) is 9.47 Å². The summed E-state index contributed by atoms with van der Waals surface area (Å²) in [6.45, 7) is 2.04. The van der Waals surface area contributed by atoms with Crippen LogP contribution in [0.1, 0.15) is 24.0 Å². The predicted molar refractivity (Wildman–Crippen MR) is 116 cm³/mol. The molecule has 2 aromatic carbocycles. The Bertz CT molecular complexity index is 1280. The summed E-state index contributed by atoms with van der Waals surface area (Å²) < 4.78 is 79.4. The van der Waals surface area contributed by atoms with Gasteiger partial charge in [-0.1, -0.05) is 0 Å². The van der Waals surface area contributed by atoms with Gasteiger partial charge >= 0.3 is 11.9 Å². The maximum absolute atomic E-state index is 14.5. The van der Waals surface area contributed by atoms with E-state index in [1.165, 1.54) is 0 Å². The maximum atomic E-state index is 14.5. The molecule has 0 aliphatic carbocycles. The van der Waals surface area contributed by atoms with Crippen molar-refractivity contribution in [2.45, 2.75) is 32.2 Å². The van der Waals surface area contributed by atoms with E-state index >= 15 is 0 Å². The Morgan fingerprint density at radius 3 is 2.43 bits per heavy atom. The van der Waals surface area contributed by atoms with E-state index in [2.05, 4.69) is 9.88 Å². The van der Waals surface area contributed by atoms with Crippen LogP contribution in [0.25, 0.3) is 0 Å². The van der Waals surface area contributed by atoms with Gasteiger partial charge in [0.25, 0.3) is 0 Å². The molecule has 0 amide bonds. The molecule has 1 aromatic heterocycles. The van der Waals surface area contributed by atoms with Gasteiger partial charge in [-0.3, -0.25) is 4.57 Å². The van der Waals surface area contributed by atoms with Gasteiger partial charge in [0.15, 0.2) is 17.4 Å². The maximum Gasteiger partial charge on any atom is 0.416 e. The average Bonchev–Trinajstić information content (AvgIpc) is 2.81. The van der Waals surface area contributed by atoms with Crippen molar-refractivity contribution in [2.24, 2.45) is 5.92 Å². The highest BCUT2D eigenvalue weighted by atomic mass is 19.4. The third-order valence-corrected chi connectivity index (χ3v) is 6.10. The number of halogens is 5. The minimum absolute atomic E-state index is 0.0520. The Morgan fingerprint density at radius 2 is 1.74 bits per heavy atom. The molecule has 0 saturated carbocycles. The van der Waals surface area contributed by atoms with E-state index in [-0.39, 0.29) is 23.8 Å². The number of hydrogen-bond donors (Lipinski definition) is 0. The van der Waals surface area contributed by atoms with E-state index in [9.17, 15) is 26.7 Å². The van der Waals surface area contributed by atoms with Crippen molar-refractivity contribution in [1.29, 1.82) is 0 Å². The Hall–Kier alpha value is -3.63. The minimum atomic E-state index is -4.54. The van der Waals surface area contributed by atoms with Gasteiger partial charge in [0, 0.05) is 25.7 Å². The highest BCUT2D eigenvalue weighted by Gasteiger charge is 2.31. The molecule has 11 heteroatoms. The number of hydrogen-bond acceptors (Lipinski definition) is 5. The molecule has 3 heterocycles. The normalized spacial score (nSPS) is 17.2. The monoisotopic (exact) mass is 493 g/mol. The first-order valence-electron chi connectivity index (χ1n) is 11.0. The van der Waals surface area contributed by atoms with Crippen molar-refractivity contribution in [3.63, 3.8) is 0 Å². The Kier molecular flexibility index (Phi) is 5.86. The SMILES string of the molecule is O=c1nc(OCc2cc(F)c(Oc3ccc(C(F)(F)F)cc3)c(F)c2)cc2n1CC1CCCN2C1. The zero-order valence-electron chi connectivity index (χ0n) is 18.3. The van der Waals surface area contributed by atoms with E-state index in [0.29, 0.717) is 18.3 Å². The zero-order chi connectivity index (χ0) is 24.7. The average molecular weight is 493 g/mol. The smallest absolute Gasteiger partial charge is 0.416 e. The van der Waals surface area contributed by atoms with E-state index < -0.39 is 34.8 Å². The van der Waals surface area contributed by atoms with Crippen molar-refractivity contribution in [3.05, 3.63) is 75.7 Å². The molecule has 1 saturated heterocycles. The van der Waals surface area contributed by atoms with Crippen LogP contribution in [0.15, 0.2) is 47.3 Å². The molecular weight excluding hydrogens is 473 g/mol. The second-order valence-electron chi connectivity index (χ2n) is 8.60. The van der Waals surface area contributed by atoms with Gasteiger partial charge in [0.05, 0.1) is 5.56 Å². The molecule has 2 aliphatic heterocycles. The van der Waals surface area contributed by atoms with Crippen molar-refractivity contribution < 1.29 is 31.4 Å². The Labute approximate surface area is 196 Å². The molecule has 184 valence electrons. The molecule has 1 fully saturated rings. The third kappa shape index (κ3) is 4.80. The molecule has 2 aliphatic rings. The predicted octanol–water partition coefficient (Wildman–Crippen LogP) is 5.14. The van der Waals surface area contributed by atoms with Crippen LogP contribution in [-0.2, 0) is 19.3 Å². The summed E-state index contributed by atoms with van der Waals surface area (Å²) in [6, 6.07) is 7.09. The summed E-state index contributed by atoms with van der Waals surface area (Å²) >= 11 is 0. The Balaban J connectivity index is 1.30. The number of anilines is 1. The van der Waals surface area contributed by atoms with Crippen molar-refractivity contribution in [1.82, 2.24) is 9.55 Å². The fourth-order valence-corrected chi connectivity index (χ4v) is 4.44. The number of alkyl halides is 3. The lowest BCUT2D eigenvalue weighted by atomic mass is 9.96. The van der Waals surface area contributed by atoms with Crippen LogP contribution in [0.2, 0.25) is 0 Å². The topological polar surface area (TPSA) is 56.6 Å². The lowest BCUT2D eigenvalue weighted by molar-refractivity contribution is -0.137. The van der Waals surface area contributed by atoms with Gasteiger partial charge in [0.2, 0.25) is 5.88 Å². The number of piperidine rings is 1. The molecule has 6 nitrogen and oxygen atoms in total. The molecule has 0 spiro atoms. The fraction of sp³-hybridized carbons (Fsp3) is 0.333. The van der Waals surface area contributed by atoms with Gasteiger partial charge in [-0.05, 0) is 60.7 Å². The summed E-state index contributed by atoms with van der Waals surface area (Å²) in [5, 5.41) is 0. The fourth-order valence-electron chi connectivity index (χ4n) is 4.44. The van der Waals surface area contributed by atoms with Gasteiger partial charge < -0.3 is 14.4 Å². The second-order valence-corrected chi connectivity index (χ2v) is 8.60. The van der Waals surface area contributed by atoms with Gasteiger partial charge in [0.1, 0.15) is 18.2 Å². The lowest BCUT2D eigenvalue weighted by Gasteiger charge is -2.40. The summed E-state index contributed by atoms with van der Waals surface area (Å²) in [7, 11) is 0. The van der Waals surface area contributed by atoms with Crippen LogP contribution in [0, 0.1) is 17.6 Å². The standard InChI is InChI=1S/C24H20F5N3O3/c25-18-8-15(9-19(26)22(18)35-17-5-3-16(4-6-17)24(27,28)29)13-34-20-10-21-31-7-1-2-14(11-31)12-32(21)23(33)30-20/h3-6,8-10,14H,1-2,7,11-13H2. The molecular formula is C24H20F5N3O3. The van der Waals surface area contributed by atoms with Crippen molar-refractivity contribution in [2.75, 3.05) is 18.0 Å². The molecule has 1 unspecified atom stereocenters. The number of fused-ring (bicyclic) bond motifs is 4. The molecule has 1 atom stereocenters. The second kappa shape index (κ2) is 8.86. The molecule has 5 rings (SSSR count). The number of benzene rings is 2. The first-order chi connectivity index (χ1) is 16.7. The highest BCUT2D eigenvalue weighted by molar-refractivity contribution is 5.44. The number of ether oxygens (including phenoxy) is 2. The summed E-state index contributed by atoms with van der Waals surface area (Å²) in [5.41, 5.74) is -1.22. The lowest BCUT2D eigenvalue weighted by Crippen LogP contribution is -2.46. The van der Waals surface area contributed by atoms with E-state index in [1.54, 1.807) is 10.6 Å². The van der Waals surface area contributed by atoms with Crippen molar-refractivity contribution in [3.8, 4) is 17.4 Å². The number of rotatable bonds is 5. The summed E-state index contributed by atoms with van der Waals surface area (Å²) in [5.74, 6) is -1.83. The summed E-state index contributed by atoms with van der Waals surface area (Å²) in [4.78, 5) is 18.5. The first kappa shape index (κ1) is 23.1. The van der Waals surface area contributed by atoms with Crippen LogP contribution in [0.5, 0.6) is 17.4 Å². The van der Waals surface area contributed by atoms with Crippen LogP contribution in [0.4, 0.5) is 27.8 Å². The molecule has 0 N–H and O–H groups in total. The first-order valence-corrected chi connectivity index (χ1v) is 11.0. The molecule has 35 heavy (non-hydrogen) atoms. The van der Waals surface area contributed by atoms with E-state index in [1.807, 2.05) is 0 Å². The zero-order valence-corrected chi connectivity index (χ0v) is 18.3.